The van der Waals surface area contributed by atoms with Crippen LogP contribution in [0, 0.1) is 5.92 Å². The lowest BCUT2D eigenvalue weighted by Gasteiger charge is -2.27. The van der Waals surface area contributed by atoms with Gasteiger partial charge in [-0.2, -0.15) is 13.0 Å². The van der Waals surface area contributed by atoms with Gasteiger partial charge in [0, 0.05) is 75.2 Å². The first-order valence-corrected chi connectivity index (χ1v) is 24.5. The summed E-state index contributed by atoms with van der Waals surface area (Å²) in [4.78, 5) is 44.0. The highest BCUT2D eigenvalue weighted by atomic mass is 32.2. The van der Waals surface area contributed by atoms with Crippen molar-refractivity contribution in [3.05, 3.63) is 136 Å². The normalized spacial score (nSPS) is 21.0. The van der Waals surface area contributed by atoms with Gasteiger partial charge in [0.25, 0.3) is 10.1 Å². The van der Waals surface area contributed by atoms with Crippen molar-refractivity contribution < 1.29 is 31.9 Å². The van der Waals surface area contributed by atoms with Crippen molar-refractivity contribution >= 4 is 56.6 Å². The number of benzene rings is 3. The summed E-state index contributed by atoms with van der Waals surface area (Å²) in [5.74, 6) is -1.53. The molecule has 1 aliphatic carbocycles. The number of carbonyl (C=O) groups is 3. The van der Waals surface area contributed by atoms with Crippen LogP contribution < -0.4 is 4.90 Å². The van der Waals surface area contributed by atoms with Crippen LogP contribution in [0.4, 0.5) is 11.4 Å². The number of anilines is 1. The molecule has 1 fully saturated rings. The minimum Gasteiger partial charge on any atom is -0.344 e. The van der Waals surface area contributed by atoms with Crippen molar-refractivity contribution in [1.82, 2.24) is 4.90 Å². The Morgan fingerprint density at radius 2 is 1.58 bits per heavy atom. The van der Waals surface area contributed by atoms with Gasteiger partial charge in [-0.25, -0.2) is 0 Å². The number of nitrogens with zero attached hydrogens (tertiary/aromatic N) is 3. The van der Waals surface area contributed by atoms with E-state index >= 15 is 0 Å². The Labute approximate surface area is 372 Å². The first kappa shape index (κ1) is 45.2. The van der Waals surface area contributed by atoms with E-state index in [2.05, 4.69) is 111 Å². The highest BCUT2D eigenvalue weighted by molar-refractivity contribution is 8.03. The molecule has 1 atom stereocenters. The molecule has 1 saturated heterocycles. The number of imide groups is 1. The number of para-hydroxylation sites is 2. The summed E-state index contributed by atoms with van der Waals surface area (Å²) in [5, 5.41) is 0. The maximum atomic E-state index is 13.3. The average Bonchev–Trinajstić information content (AvgIpc) is 3.71. The molecule has 3 aromatic carbocycles. The number of hydrogen-bond donors (Lipinski definition) is 1. The Bertz CT molecular complexity index is 2530. The second-order valence-electron chi connectivity index (χ2n) is 18.1. The van der Waals surface area contributed by atoms with Crippen molar-refractivity contribution in [3.63, 3.8) is 0 Å². The lowest BCUT2D eigenvalue weighted by Crippen LogP contribution is -2.35. The second kappa shape index (κ2) is 18.5. The van der Waals surface area contributed by atoms with E-state index in [-0.39, 0.29) is 47.1 Å². The molecule has 7 rings (SSSR count). The summed E-state index contributed by atoms with van der Waals surface area (Å²) in [6.45, 7) is 14.4. The molecular formula is C51H60N3O6S2+. The van der Waals surface area contributed by atoms with Crippen molar-refractivity contribution in [3.8, 4) is 0 Å². The van der Waals surface area contributed by atoms with Crippen LogP contribution in [0.15, 0.2) is 124 Å². The van der Waals surface area contributed by atoms with Gasteiger partial charge in [-0.05, 0) is 86.9 Å². The Morgan fingerprint density at radius 1 is 0.871 bits per heavy atom. The molecular weight excluding hydrogens is 815 g/mol. The van der Waals surface area contributed by atoms with Crippen LogP contribution in [-0.4, -0.2) is 71.1 Å². The highest BCUT2D eigenvalue weighted by Crippen LogP contribution is 2.49. The molecule has 4 aliphatic rings. The molecule has 0 spiro atoms. The maximum Gasteiger partial charge on any atom is 0.264 e. The Morgan fingerprint density at radius 3 is 2.27 bits per heavy atom. The van der Waals surface area contributed by atoms with Crippen molar-refractivity contribution in [1.29, 1.82) is 0 Å². The average molecular weight is 875 g/mol. The van der Waals surface area contributed by atoms with Crippen molar-refractivity contribution in [2.75, 3.05) is 30.3 Å². The lowest BCUT2D eigenvalue weighted by atomic mass is 9.81. The third-order valence-corrected chi connectivity index (χ3v) is 14.9. The molecule has 0 aromatic heterocycles. The van der Waals surface area contributed by atoms with E-state index < -0.39 is 16.0 Å². The second-order valence-corrected chi connectivity index (χ2v) is 20.7. The third kappa shape index (κ3) is 9.41. The molecule has 62 heavy (non-hydrogen) atoms. The molecule has 9 nitrogen and oxygen atoms in total. The van der Waals surface area contributed by atoms with Crippen LogP contribution in [0.2, 0.25) is 0 Å². The zero-order valence-corrected chi connectivity index (χ0v) is 38.6. The van der Waals surface area contributed by atoms with Gasteiger partial charge in [-0.15, -0.1) is 0 Å². The van der Waals surface area contributed by atoms with Crippen LogP contribution in [0.3, 0.4) is 0 Å². The van der Waals surface area contributed by atoms with E-state index in [1.54, 1.807) is 30.8 Å². The van der Waals surface area contributed by atoms with Crippen molar-refractivity contribution in [2.24, 2.45) is 5.92 Å². The number of rotatable bonds is 16. The van der Waals surface area contributed by atoms with E-state index in [0.717, 1.165) is 59.8 Å². The summed E-state index contributed by atoms with van der Waals surface area (Å²) < 4.78 is 34.8. The predicted octanol–water partition coefficient (Wildman–Crippen LogP) is 10.5. The van der Waals surface area contributed by atoms with E-state index in [9.17, 15) is 27.4 Å². The van der Waals surface area contributed by atoms with Gasteiger partial charge in [-0.1, -0.05) is 107 Å². The highest BCUT2D eigenvalue weighted by Gasteiger charge is 2.44. The standard InChI is InChI=1S/C51H59N3O6S2/c1-7-8-30-52-42-20-11-9-18-40(42)50(3,4)45(52)28-24-37-16-15-17-38(48(37)61-39-26-22-36(23-27-39)44(55)34-54-47(56)33-35(2)49(54)57)25-29-46-51(5,6)41-19-10-12-21-43(41)53(46)31-13-14-32-62(58,59)60/h9-12,18-29,35H,7-8,13-17,30-34H2,1-6H3/p+1. The Hall–Kier alpha value is -4.84. The number of likely N-dealkylation sites (tertiary alicyclic amines) is 1. The summed E-state index contributed by atoms with van der Waals surface area (Å²) in [5.41, 5.74) is 9.78. The van der Waals surface area contributed by atoms with Gasteiger partial charge in [-0.3, -0.25) is 23.8 Å². The number of fused-ring (bicyclic) bond motifs is 2. The number of thioether (sulfide) groups is 1. The molecule has 0 radical (unpaired) electrons. The third-order valence-electron chi connectivity index (χ3n) is 12.9. The zero-order valence-electron chi connectivity index (χ0n) is 36.9. The predicted molar refractivity (Wildman–Crippen MR) is 250 cm³/mol. The van der Waals surface area contributed by atoms with Crippen LogP contribution >= 0.6 is 11.8 Å². The molecule has 0 bridgehead atoms. The number of carbonyl (C=O) groups excluding carboxylic acids is 3. The fraction of sp³-hybridized carbons (Fsp3) is 0.412. The van der Waals surface area contributed by atoms with Gasteiger partial charge in [0.1, 0.15) is 6.54 Å². The zero-order chi connectivity index (χ0) is 44.4. The number of unbranched alkanes of at least 4 members (excludes halogenated alkanes) is 2. The number of Topliss-reactive ketones (excluding diaryl/α,β-unsaturated/α-hetero) is 1. The fourth-order valence-corrected chi connectivity index (χ4v) is 11.1. The number of allylic oxidation sites excluding steroid dienone is 7. The summed E-state index contributed by atoms with van der Waals surface area (Å²) in [6, 6.07) is 24.6. The van der Waals surface area contributed by atoms with Gasteiger partial charge in [0.15, 0.2) is 11.5 Å². The topological polar surface area (TPSA) is 115 Å². The first-order chi connectivity index (χ1) is 29.5. The molecule has 2 amide bonds. The Balaban J connectivity index is 1.27. The van der Waals surface area contributed by atoms with Gasteiger partial charge in [0.05, 0.1) is 17.7 Å². The fourth-order valence-electron chi connectivity index (χ4n) is 9.42. The number of amides is 2. The first-order valence-electron chi connectivity index (χ1n) is 22.1. The number of hydrogen-bond acceptors (Lipinski definition) is 7. The molecule has 1 N–H and O–H groups in total. The minimum absolute atomic E-state index is 0.139. The smallest absolute Gasteiger partial charge is 0.264 e. The monoisotopic (exact) mass is 874 g/mol. The summed E-state index contributed by atoms with van der Waals surface area (Å²) in [7, 11) is -4.04. The summed E-state index contributed by atoms with van der Waals surface area (Å²) in [6.07, 6.45) is 15.2. The maximum absolute atomic E-state index is 13.3. The van der Waals surface area contributed by atoms with Crippen LogP contribution in [0.1, 0.15) is 114 Å². The van der Waals surface area contributed by atoms with Gasteiger partial charge >= 0.3 is 0 Å². The van der Waals surface area contributed by atoms with Crippen LogP contribution in [0.25, 0.3) is 0 Å². The SMILES string of the molecule is CCCCN1/C(=C/C=C2\CCCC(/C=C/C3=[N+](CCCCS(=O)(=O)O)c4ccccc4C3(C)C)=C2Sc2ccc(C(=O)CN3C(=O)CC(C)C3=O)cc2)C(C)(C)c2ccccc21. The lowest BCUT2D eigenvalue weighted by molar-refractivity contribution is -0.438. The Kier molecular flexibility index (Phi) is 13.5. The largest absolute Gasteiger partial charge is 0.344 e. The summed E-state index contributed by atoms with van der Waals surface area (Å²) >= 11 is 1.69. The van der Waals surface area contributed by atoms with Crippen LogP contribution in [0.5, 0.6) is 0 Å². The molecule has 326 valence electrons. The van der Waals surface area contributed by atoms with E-state index in [1.807, 2.05) is 18.2 Å². The molecule has 3 aromatic rings. The van der Waals surface area contributed by atoms with Crippen LogP contribution in [-0.2, 0) is 30.5 Å². The molecule has 3 heterocycles. The minimum atomic E-state index is -4.04. The molecule has 1 unspecified atom stereocenters. The quantitative estimate of drug-likeness (QED) is 0.0497. The number of ketones is 1. The van der Waals surface area contributed by atoms with E-state index in [0.29, 0.717) is 24.9 Å². The molecule has 3 aliphatic heterocycles. The van der Waals surface area contributed by atoms with Gasteiger partial charge in [0.2, 0.25) is 17.5 Å². The molecule has 11 heteroatoms. The van der Waals surface area contributed by atoms with E-state index in [4.69, 9.17) is 0 Å². The molecule has 0 saturated carbocycles. The van der Waals surface area contributed by atoms with E-state index in [1.165, 1.54) is 38.6 Å². The van der Waals surface area contributed by atoms with Gasteiger partial charge < -0.3 is 4.90 Å². The van der Waals surface area contributed by atoms with Crippen molar-refractivity contribution in [2.45, 2.75) is 109 Å².